The second-order valence-electron chi connectivity index (χ2n) is 6.45. The first-order valence-electron chi connectivity index (χ1n) is 8.60. The second-order valence-corrected chi connectivity index (χ2v) is 6.45. The standard InChI is InChI=1S/C17H12F3N9/c18-17(19,20)9-28-7-10(4-24-28)12-5-23-15-16(25-12)29(27-26-15)8-14-11-2-1-3-21-13(11)6-22-14/h1-5,7H,6,8-9H2. The molecule has 4 aromatic heterocycles. The van der Waals surface area contributed by atoms with Gasteiger partial charge in [0.1, 0.15) is 6.54 Å². The number of aromatic nitrogens is 8. The first-order chi connectivity index (χ1) is 14.0. The number of rotatable bonds is 4. The quantitative estimate of drug-likeness (QED) is 0.521. The van der Waals surface area contributed by atoms with Crippen LogP contribution in [0.1, 0.15) is 11.3 Å². The average molecular weight is 399 g/mol. The Hall–Kier alpha value is -3.70. The summed E-state index contributed by atoms with van der Waals surface area (Å²) in [5.74, 6) is 0. The smallest absolute Gasteiger partial charge is 0.281 e. The van der Waals surface area contributed by atoms with Gasteiger partial charge in [-0.25, -0.2) is 14.6 Å². The molecule has 9 nitrogen and oxygen atoms in total. The van der Waals surface area contributed by atoms with Gasteiger partial charge in [0.25, 0.3) is 0 Å². The summed E-state index contributed by atoms with van der Waals surface area (Å²) in [6.45, 7) is -0.330. The van der Waals surface area contributed by atoms with Crippen LogP contribution in [0.25, 0.3) is 22.6 Å². The lowest BCUT2D eigenvalue weighted by atomic mass is 10.1. The van der Waals surface area contributed by atoms with Crippen LogP contribution >= 0.6 is 0 Å². The second kappa shape index (κ2) is 6.43. The van der Waals surface area contributed by atoms with Crippen molar-refractivity contribution < 1.29 is 13.2 Å². The van der Waals surface area contributed by atoms with E-state index in [9.17, 15) is 13.2 Å². The lowest BCUT2D eigenvalue weighted by Crippen LogP contribution is -2.17. The fourth-order valence-electron chi connectivity index (χ4n) is 3.13. The van der Waals surface area contributed by atoms with E-state index in [0.29, 0.717) is 35.6 Å². The molecule has 4 aromatic rings. The van der Waals surface area contributed by atoms with E-state index in [1.165, 1.54) is 18.6 Å². The third-order valence-corrected chi connectivity index (χ3v) is 4.42. The van der Waals surface area contributed by atoms with Crippen LogP contribution in [0, 0.1) is 0 Å². The first-order valence-corrected chi connectivity index (χ1v) is 8.60. The molecule has 0 fully saturated rings. The largest absolute Gasteiger partial charge is 0.408 e. The van der Waals surface area contributed by atoms with Crippen molar-refractivity contribution in [3.8, 4) is 11.3 Å². The third-order valence-electron chi connectivity index (χ3n) is 4.42. The summed E-state index contributed by atoms with van der Waals surface area (Å²) in [6.07, 6.45) is 1.40. The van der Waals surface area contributed by atoms with Crippen molar-refractivity contribution in [2.75, 3.05) is 0 Å². The van der Waals surface area contributed by atoms with Gasteiger partial charge in [0.15, 0.2) is 5.65 Å². The predicted octanol–water partition coefficient (Wildman–Crippen LogP) is 2.04. The Morgan fingerprint density at radius 2 is 2.03 bits per heavy atom. The maximum Gasteiger partial charge on any atom is 0.408 e. The SMILES string of the molecule is FC(F)(F)Cn1cc(-c2cnc3nnn(CC4=NCc5ncccc54)c3n2)cn1. The Labute approximate surface area is 160 Å². The summed E-state index contributed by atoms with van der Waals surface area (Å²) in [7, 11) is 0. The van der Waals surface area contributed by atoms with Gasteiger partial charge in [-0.3, -0.25) is 14.7 Å². The van der Waals surface area contributed by atoms with Crippen molar-refractivity contribution >= 4 is 17.0 Å². The zero-order valence-corrected chi connectivity index (χ0v) is 14.7. The van der Waals surface area contributed by atoms with Gasteiger partial charge in [0, 0.05) is 23.5 Å². The Kier molecular flexibility index (Phi) is 3.86. The number of fused-ring (bicyclic) bond motifs is 2. The molecule has 5 rings (SSSR count). The summed E-state index contributed by atoms with van der Waals surface area (Å²) in [5.41, 5.74) is 4.20. The molecule has 12 heteroatoms. The summed E-state index contributed by atoms with van der Waals surface area (Å²) in [4.78, 5) is 17.5. The highest BCUT2D eigenvalue weighted by Crippen LogP contribution is 2.22. The van der Waals surface area contributed by atoms with Crippen LogP contribution < -0.4 is 0 Å². The number of hydrogen-bond acceptors (Lipinski definition) is 7. The fourth-order valence-corrected chi connectivity index (χ4v) is 3.13. The molecule has 0 aromatic carbocycles. The number of aliphatic imine (C=N–C) groups is 1. The van der Waals surface area contributed by atoms with Gasteiger partial charge >= 0.3 is 6.18 Å². The van der Waals surface area contributed by atoms with Crippen LogP contribution in [0.2, 0.25) is 0 Å². The minimum absolute atomic E-state index is 0.334. The van der Waals surface area contributed by atoms with Crippen LogP contribution in [0.15, 0.2) is 41.9 Å². The van der Waals surface area contributed by atoms with E-state index in [0.717, 1.165) is 21.7 Å². The van der Waals surface area contributed by atoms with Gasteiger partial charge in [-0.2, -0.15) is 18.3 Å². The van der Waals surface area contributed by atoms with Crippen molar-refractivity contribution in [1.29, 1.82) is 0 Å². The van der Waals surface area contributed by atoms with Crippen LogP contribution in [0.5, 0.6) is 0 Å². The summed E-state index contributed by atoms with van der Waals surface area (Å²) < 4.78 is 40.0. The third kappa shape index (κ3) is 3.32. The minimum atomic E-state index is -4.35. The molecule has 0 saturated heterocycles. The van der Waals surface area contributed by atoms with E-state index < -0.39 is 12.7 Å². The highest BCUT2D eigenvalue weighted by Gasteiger charge is 2.28. The van der Waals surface area contributed by atoms with Gasteiger partial charge in [-0.1, -0.05) is 5.21 Å². The summed E-state index contributed by atoms with van der Waals surface area (Å²) in [6, 6.07) is 3.79. The molecule has 29 heavy (non-hydrogen) atoms. The van der Waals surface area contributed by atoms with E-state index in [1.807, 2.05) is 12.1 Å². The minimum Gasteiger partial charge on any atom is -0.281 e. The highest BCUT2D eigenvalue weighted by molar-refractivity contribution is 6.03. The zero-order chi connectivity index (χ0) is 20.0. The summed E-state index contributed by atoms with van der Waals surface area (Å²) >= 11 is 0. The molecule has 0 spiro atoms. The Morgan fingerprint density at radius 1 is 1.14 bits per heavy atom. The van der Waals surface area contributed by atoms with Crippen LogP contribution in [0.4, 0.5) is 13.2 Å². The van der Waals surface area contributed by atoms with Crippen molar-refractivity contribution in [2.45, 2.75) is 25.8 Å². The number of halogens is 3. The number of alkyl halides is 3. The number of nitrogens with zero attached hydrogens (tertiary/aromatic N) is 9. The molecule has 0 bridgehead atoms. The molecular formula is C17H12F3N9. The van der Waals surface area contributed by atoms with Gasteiger partial charge < -0.3 is 0 Å². The molecule has 0 aliphatic carbocycles. The maximum atomic E-state index is 12.5. The Bertz CT molecular complexity index is 1240. The van der Waals surface area contributed by atoms with Crippen LogP contribution in [-0.4, -0.2) is 51.6 Å². The molecule has 0 amide bonds. The molecular weight excluding hydrogens is 387 g/mol. The lowest BCUT2D eigenvalue weighted by molar-refractivity contribution is -0.142. The molecule has 0 saturated carbocycles. The summed E-state index contributed by atoms with van der Waals surface area (Å²) in [5, 5.41) is 11.8. The molecule has 1 aliphatic heterocycles. The molecule has 0 radical (unpaired) electrons. The van der Waals surface area contributed by atoms with Gasteiger partial charge in [-0.05, 0) is 12.1 Å². The van der Waals surface area contributed by atoms with Crippen LogP contribution in [0.3, 0.4) is 0 Å². The van der Waals surface area contributed by atoms with Gasteiger partial charge in [0.2, 0.25) is 5.65 Å². The van der Waals surface area contributed by atoms with Crippen molar-refractivity contribution in [1.82, 2.24) is 39.7 Å². The van der Waals surface area contributed by atoms with Gasteiger partial charge in [-0.15, -0.1) is 5.10 Å². The predicted molar refractivity (Wildman–Crippen MR) is 94.9 cm³/mol. The maximum absolute atomic E-state index is 12.5. The van der Waals surface area contributed by atoms with Crippen molar-refractivity contribution in [3.05, 3.63) is 48.2 Å². The molecule has 0 unspecified atom stereocenters. The zero-order valence-electron chi connectivity index (χ0n) is 14.7. The topological polar surface area (TPSA) is 99.6 Å². The normalized spacial score (nSPS) is 13.7. The monoisotopic (exact) mass is 399 g/mol. The molecule has 0 N–H and O–H groups in total. The van der Waals surface area contributed by atoms with E-state index in [1.54, 1.807) is 10.9 Å². The van der Waals surface area contributed by atoms with E-state index in [2.05, 4.69) is 35.4 Å². The lowest BCUT2D eigenvalue weighted by Gasteiger charge is -2.05. The van der Waals surface area contributed by atoms with Crippen molar-refractivity contribution in [2.24, 2.45) is 4.99 Å². The number of hydrogen-bond donors (Lipinski definition) is 0. The average Bonchev–Trinajstić information content (AvgIpc) is 3.40. The first kappa shape index (κ1) is 17.4. The molecule has 5 heterocycles. The molecule has 0 atom stereocenters. The van der Waals surface area contributed by atoms with E-state index in [4.69, 9.17) is 0 Å². The van der Waals surface area contributed by atoms with Gasteiger partial charge in [0.05, 0.1) is 42.6 Å². The number of pyridine rings is 1. The van der Waals surface area contributed by atoms with Crippen LogP contribution in [-0.2, 0) is 19.6 Å². The molecule has 146 valence electrons. The Balaban J connectivity index is 1.46. The van der Waals surface area contributed by atoms with Crippen molar-refractivity contribution in [3.63, 3.8) is 0 Å². The Morgan fingerprint density at radius 3 is 2.90 bits per heavy atom. The van der Waals surface area contributed by atoms with E-state index >= 15 is 0 Å². The fraction of sp³-hybridized carbons (Fsp3) is 0.235. The van der Waals surface area contributed by atoms with E-state index in [-0.39, 0.29) is 0 Å². The highest BCUT2D eigenvalue weighted by atomic mass is 19.4. The molecule has 1 aliphatic rings.